The molecule has 2 aromatic rings. The lowest BCUT2D eigenvalue weighted by Gasteiger charge is -2.34. The predicted molar refractivity (Wildman–Crippen MR) is 98.4 cm³/mol. The third-order valence-electron chi connectivity index (χ3n) is 4.54. The molecule has 24 heavy (non-hydrogen) atoms. The van der Waals surface area contributed by atoms with E-state index in [4.69, 9.17) is 23.2 Å². The summed E-state index contributed by atoms with van der Waals surface area (Å²) in [6.45, 7) is 6.43. The van der Waals surface area contributed by atoms with Crippen molar-refractivity contribution in [2.24, 2.45) is 0 Å². The molecule has 1 amide bonds. The molecule has 1 aliphatic heterocycles. The van der Waals surface area contributed by atoms with Gasteiger partial charge >= 0.3 is 0 Å². The van der Waals surface area contributed by atoms with Crippen molar-refractivity contribution >= 4 is 29.1 Å². The van der Waals surface area contributed by atoms with Gasteiger partial charge in [0.15, 0.2) is 0 Å². The second-order valence-corrected chi connectivity index (χ2v) is 6.69. The Labute approximate surface area is 152 Å². The molecule has 0 aliphatic carbocycles. The topological polar surface area (TPSA) is 23.6 Å². The molecule has 0 saturated heterocycles. The summed E-state index contributed by atoms with van der Waals surface area (Å²) in [6.07, 6.45) is -0.0598. The van der Waals surface area contributed by atoms with Gasteiger partial charge in [-0.25, -0.2) is 0 Å². The molecule has 2 aromatic carbocycles. The van der Waals surface area contributed by atoms with Gasteiger partial charge in [-0.05, 0) is 36.9 Å². The van der Waals surface area contributed by atoms with Crippen LogP contribution < -0.4 is 0 Å². The van der Waals surface area contributed by atoms with E-state index in [0.29, 0.717) is 16.6 Å². The number of hydrogen-bond acceptors (Lipinski definition) is 2. The molecule has 0 fully saturated rings. The van der Waals surface area contributed by atoms with Crippen LogP contribution in [0.2, 0.25) is 10.0 Å². The minimum atomic E-state index is -0.0598. The lowest BCUT2D eigenvalue weighted by molar-refractivity contribution is 0.0398. The third kappa shape index (κ3) is 3.04. The Morgan fingerprint density at radius 2 is 1.79 bits per heavy atom. The summed E-state index contributed by atoms with van der Waals surface area (Å²) in [6, 6.07) is 13.3. The van der Waals surface area contributed by atoms with E-state index < -0.39 is 0 Å². The van der Waals surface area contributed by atoms with Gasteiger partial charge < -0.3 is 4.90 Å². The summed E-state index contributed by atoms with van der Waals surface area (Å²) in [5, 5.41) is 1.18. The van der Waals surface area contributed by atoms with Crippen LogP contribution in [-0.4, -0.2) is 28.8 Å². The van der Waals surface area contributed by atoms with Gasteiger partial charge in [0.2, 0.25) is 0 Å². The van der Waals surface area contributed by atoms with Crippen LogP contribution in [0.25, 0.3) is 0 Å². The number of carbonyl (C=O) groups is 1. The van der Waals surface area contributed by atoms with Gasteiger partial charge in [0.05, 0.1) is 0 Å². The fraction of sp³-hybridized carbons (Fsp3) is 0.316. The van der Waals surface area contributed by atoms with E-state index in [1.54, 1.807) is 6.07 Å². The molecule has 3 nitrogen and oxygen atoms in total. The highest BCUT2D eigenvalue weighted by Gasteiger charge is 2.39. The molecule has 0 radical (unpaired) electrons. The van der Waals surface area contributed by atoms with E-state index in [9.17, 15) is 4.79 Å². The Bertz CT molecular complexity index is 759. The molecule has 5 heteroatoms. The monoisotopic (exact) mass is 362 g/mol. The third-order valence-corrected chi connectivity index (χ3v) is 5.13. The number of fused-ring (bicyclic) bond motifs is 1. The lowest BCUT2D eigenvalue weighted by atomic mass is 10.1. The number of benzene rings is 2. The van der Waals surface area contributed by atoms with Crippen molar-refractivity contribution in [1.82, 2.24) is 9.80 Å². The van der Waals surface area contributed by atoms with E-state index in [2.05, 4.69) is 18.7 Å². The number of halogens is 2. The van der Waals surface area contributed by atoms with Crippen LogP contribution in [0.4, 0.5) is 0 Å². The average molecular weight is 363 g/mol. The lowest BCUT2D eigenvalue weighted by Crippen LogP contribution is -2.39. The molecule has 0 saturated carbocycles. The van der Waals surface area contributed by atoms with Crippen molar-refractivity contribution in [3.8, 4) is 0 Å². The van der Waals surface area contributed by atoms with Gasteiger partial charge in [-0.2, -0.15) is 0 Å². The molecule has 1 heterocycles. The van der Waals surface area contributed by atoms with Crippen molar-refractivity contribution in [2.45, 2.75) is 26.6 Å². The summed E-state index contributed by atoms with van der Waals surface area (Å²) in [5.41, 5.74) is 2.75. The fourth-order valence-corrected chi connectivity index (χ4v) is 3.77. The van der Waals surface area contributed by atoms with Gasteiger partial charge in [-0.3, -0.25) is 9.69 Å². The van der Waals surface area contributed by atoms with Crippen molar-refractivity contribution < 1.29 is 4.79 Å². The first kappa shape index (κ1) is 17.3. The van der Waals surface area contributed by atoms with Crippen LogP contribution in [0.15, 0.2) is 42.5 Å². The minimum absolute atomic E-state index is 0.0496. The normalized spacial score (nSPS) is 16.8. The van der Waals surface area contributed by atoms with Gasteiger partial charge in [-0.15, -0.1) is 0 Å². The maximum Gasteiger partial charge on any atom is 0.256 e. The number of carbonyl (C=O) groups excluding carboxylic acids is 1. The number of nitrogens with zero attached hydrogens (tertiary/aromatic N) is 2. The van der Waals surface area contributed by atoms with Crippen molar-refractivity contribution in [2.75, 3.05) is 13.1 Å². The molecule has 3 rings (SSSR count). The molecule has 1 unspecified atom stereocenters. The molecule has 0 bridgehead atoms. The Morgan fingerprint density at radius 3 is 2.46 bits per heavy atom. The second-order valence-electron chi connectivity index (χ2n) is 5.85. The Balaban J connectivity index is 2.00. The highest BCUT2D eigenvalue weighted by molar-refractivity contribution is 6.35. The highest BCUT2D eigenvalue weighted by Crippen LogP contribution is 2.37. The van der Waals surface area contributed by atoms with Gasteiger partial charge in [0.25, 0.3) is 5.91 Å². The molecule has 1 atom stereocenters. The SMILES string of the molecule is CCN(CC)C1c2ccccc2C(=O)N1Cc1ccc(Cl)cc1Cl. The molecule has 0 aromatic heterocycles. The van der Waals surface area contributed by atoms with E-state index in [1.165, 1.54) is 0 Å². The number of amides is 1. The van der Waals surface area contributed by atoms with Gasteiger partial charge in [0, 0.05) is 27.7 Å². The van der Waals surface area contributed by atoms with Crippen molar-refractivity contribution in [3.05, 3.63) is 69.2 Å². The molecule has 0 spiro atoms. The standard InChI is InChI=1S/C19H20Cl2N2O/c1-3-22(4-2)18-15-7-5-6-8-16(15)19(24)23(18)12-13-9-10-14(20)11-17(13)21/h5-11,18H,3-4,12H2,1-2H3. The van der Waals surface area contributed by atoms with E-state index >= 15 is 0 Å². The highest BCUT2D eigenvalue weighted by atomic mass is 35.5. The molecular formula is C19H20Cl2N2O. The largest absolute Gasteiger partial charge is 0.314 e. The first-order chi connectivity index (χ1) is 11.6. The van der Waals surface area contributed by atoms with Crippen LogP contribution in [0.1, 0.15) is 41.5 Å². The van der Waals surface area contributed by atoms with Crippen molar-refractivity contribution in [3.63, 3.8) is 0 Å². The van der Waals surface area contributed by atoms with Crippen LogP contribution >= 0.6 is 23.2 Å². The average Bonchev–Trinajstić information content (AvgIpc) is 2.85. The smallest absolute Gasteiger partial charge is 0.256 e. The van der Waals surface area contributed by atoms with Crippen LogP contribution in [0.3, 0.4) is 0 Å². The van der Waals surface area contributed by atoms with Gasteiger partial charge in [-0.1, -0.05) is 61.3 Å². The minimum Gasteiger partial charge on any atom is -0.314 e. The summed E-state index contributed by atoms with van der Waals surface area (Å²) in [4.78, 5) is 17.1. The number of rotatable bonds is 5. The maximum absolute atomic E-state index is 13.0. The van der Waals surface area contributed by atoms with Gasteiger partial charge in [0.1, 0.15) is 6.17 Å². The second kappa shape index (κ2) is 7.14. The molecule has 126 valence electrons. The zero-order valence-electron chi connectivity index (χ0n) is 13.8. The molecular weight excluding hydrogens is 343 g/mol. The Kier molecular flexibility index (Phi) is 5.14. The van der Waals surface area contributed by atoms with Crippen LogP contribution in [0, 0.1) is 0 Å². The molecule has 0 N–H and O–H groups in total. The van der Waals surface area contributed by atoms with E-state index in [-0.39, 0.29) is 12.1 Å². The summed E-state index contributed by atoms with van der Waals surface area (Å²) in [7, 11) is 0. The maximum atomic E-state index is 13.0. The predicted octanol–water partition coefficient (Wildman–Crippen LogP) is 4.99. The van der Waals surface area contributed by atoms with E-state index in [0.717, 1.165) is 29.8 Å². The summed E-state index contributed by atoms with van der Waals surface area (Å²) in [5.74, 6) is 0.0496. The zero-order chi connectivity index (χ0) is 17.3. The fourth-order valence-electron chi connectivity index (χ4n) is 3.31. The number of hydrogen-bond donors (Lipinski definition) is 0. The first-order valence-corrected chi connectivity index (χ1v) is 8.90. The quantitative estimate of drug-likeness (QED) is 0.747. The zero-order valence-corrected chi connectivity index (χ0v) is 15.3. The summed E-state index contributed by atoms with van der Waals surface area (Å²) >= 11 is 12.3. The van der Waals surface area contributed by atoms with Crippen LogP contribution in [0.5, 0.6) is 0 Å². The molecule has 1 aliphatic rings. The van der Waals surface area contributed by atoms with E-state index in [1.807, 2.05) is 41.3 Å². The summed E-state index contributed by atoms with van der Waals surface area (Å²) < 4.78 is 0. The van der Waals surface area contributed by atoms with Crippen molar-refractivity contribution in [1.29, 1.82) is 0 Å². The van der Waals surface area contributed by atoms with Crippen LogP contribution in [-0.2, 0) is 6.54 Å². The first-order valence-electron chi connectivity index (χ1n) is 8.14. The Hall–Kier alpha value is -1.55. The Morgan fingerprint density at radius 1 is 1.08 bits per heavy atom.